The van der Waals surface area contributed by atoms with E-state index in [4.69, 9.17) is 24.1 Å². The van der Waals surface area contributed by atoms with Gasteiger partial charge in [0, 0.05) is 71.6 Å². The summed E-state index contributed by atoms with van der Waals surface area (Å²) < 4.78 is 48.8. The minimum absolute atomic E-state index is 0.0484. The lowest BCUT2D eigenvalue weighted by Crippen LogP contribution is -2.60. The zero-order valence-corrected chi connectivity index (χ0v) is 49.5. The largest absolute Gasteiger partial charge is 0.490 e. The first-order valence-corrected chi connectivity index (χ1v) is 27.9. The summed E-state index contributed by atoms with van der Waals surface area (Å²) in [4.78, 5) is 122. The minimum Gasteiger partial charge on any atom is -0.475 e. The molecule has 2 aliphatic rings. The molecular formula is C59H86F3N7O13. The molecule has 9 atom stereocenters. The first-order valence-electron chi connectivity index (χ1n) is 27.9. The van der Waals surface area contributed by atoms with Crippen molar-refractivity contribution in [2.45, 2.75) is 161 Å². The molecule has 2 aliphatic heterocycles. The number of hydrogen-bond acceptors (Lipinski definition) is 13. The first kappa shape index (κ1) is 69.5. The fraction of sp³-hybridized carbons (Fsp3) is 0.610. The molecule has 0 aliphatic carbocycles. The second-order valence-corrected chi connectivity index (χ2v) is 21.7. The van der Waals surface area contributed by atoms with Crippen molar-refractivity contribution < 1.29 is 75.6 Å². The number of likely N-dealkylation sites (N-methyl/N-ethyl adjacent to an activating group) is 2. The molecule has 2 heterocycles. The highest BCUT2D eigenvalue weighted by atomic mass is 19.4. The van der Waals surface area contributed by atoms with Crippen molar-refractivity contribution in [2.24, 2.45) is 23.7 Å². The SMILES string of the molecule is CC[C@H](C)[C@@H]([C@@H](CC(=O)N1CCC[C@H]1[C@H](OC)[C@@H](C)C(=O)N[C@@H](Cc1ccccc1)C(=O)OC)OC)N(C)C(=O)[C@@H](NC(=O)[C@H](C(C)C)N(C)Cc1cccc(NC(=O)CCCCCN2C(=O)C=CC2=O)c1)C(C)C.O=C(O)C(F)(F)F. The van der Waals surface area contributed by atoms with E-state index in [9.17, 15) is 51.5 Å². The fourth-order valence-corrected chi connectivity index (χ4v) is 10.5. The quantitative estimate of drug-likeness (QED) is 0.0389. The van der Waals surface area contributed by atoms with E-state index in [0.29, 0.717) is 63.8 Å². The molecule has 1 saturated heterocycles. The molecule has 7 amide bonds. The van der Waals surface area contributed by atoms with Crippen molar-refractivity contribution in [2.75, 3.05) is 53.8 Å². The molecular weight excluding hydrogens is 1070 g/mol. The number of unbranched alkanes of at least 4 members (excludes halogenated alkanes) is 2. The maximum absolute atomic E-state index is 14.8. The number of imide groups is 1. The molecule has 0 unspecified atom stereocenters. The monoisotopic (exact) mass is 1160 g/mol. The van der Waals surface area contributed by atoms with Gasteiger partial charge in [0.15, 0.2) is 0 Å². The number of hydrogen-bond donors (Lipinski definition) is 4. The molecule has 4 N–H and O–H groups in total. The average Bonchev–Trinajstić information content (AvgIpc) is 4.12. The molecule has 1 fully saturated rings. The van der Waals surface area contributed by atoms with E-state index in [1.54, 1.807) is 29.8 Å². The molecule has 20 nitrogen and oxygen atoms in total. The third-order valence-electron chi connectivity index (χ3n) is 15.0. The van der Waals surface area contributed by atoms with Crippen molar-refractivity contribution >= 4 is 59.0 Å². The zero-order valence-electron chi connectivity index (χ0n) is 49.5. The number of amides is 7. The Kier molecular flexibility index (Phi) is 28.3. The Balaban J connectivity index is 0.00000236. The number of carbonyl (C=O) groups is 9. The van der Waals surface area contributed by atoms with Gasteiger partial charge in [-0.1, -0.05) is 104 Å². The van der Waals surface area contributed by atoms with Gasteiger partial charge < -0.3 is 45.1 Å². The number of carboxylic acid groups (broad SMARTS) is 1. The normalized spacial score (nSPS) is 17.3. The average molecular weight is 1160 g/mol. The van der Waals surface area contributed by atoms with Crippen LogP contribution in [0.2, 0.25) is 0 Å². The van der Waals surface area contributed by atoms with Crippen molar-refractivity contribution in [3.63, 3.8) is 0 Å². The highest BCUT2D eigenvalue weighted by molar-refractivity contribution is 6.12. The van der Waals surface area contributed by atoms with E-state index in [2.05, 4.69) is 16.0 Å². The van der Waals surface area contributed by atoms with Crippen molar-refractivity contribution in [1.82, 2.24) is 30.2 Å². The Labute approximate surface area is 480 Å². The van der Waals surface area contributed by atoms with Crippen LogP contribution in [0.1, 0.15) is 111 Å². The van der Waals surface area contributed by atoms with Gasteiger partial charge in [-0.25, -0.2) is 9.59 Å². The molecule has 0 aromatic heterocycles. The molecule has 23 heteroatoms. The Morgan fingerprint density at radius 1 is 0.805 bits per heavy atom. The van der Waals surface area contributed by atoms with Gasteiger partial charge >= 0.3 is 18.1 Å². The van der Waals surface area contributed by atoms with E-state index in [1.807, 2.05) is 102 Å². The third-order valence-corrected chi connectivity index (χ3v) is 15.0. The highest BCUT2D eigenvalue weighted by Crippen LogP contribution is 2.30. The number of alkyl halides is 3. The van der Waals surface area contributed by atoms with Gasteiger partial charge in [-0.15, -0.1) is 0 Å². The van der Waals surface area contributed by atoms with E-state index >= 15 is 0 Å². The van der Waals surface area contributed by atoms with Gasteiger partial charge in [0.05, 0.1) is 49.8 Å². The number of anilines is 1. The Bertz CT molecular complexity index is 2480. The van der Waals surface area contributed by atoms with Crippen molar-refractivity contribution in [1.29, 1.82) is 0 Å². The maximum atomic E-state index is 14.8. The second-order valence-electron chi connectivity index (χ2n) is 21.7. The number of halogens is 3. The summed E-state index contributed by atoms with van der Waals surface area (Å²) in [6.45, 7) is 14.6. The Morgan fingerprint density at radius 3 is 1.98 bits per heavy atom. The van der Waals surface area contributed by atoms with Crippen LogP contribution >= 0.6 is 0 Å². The predicted octanol–water partition coefficient (Wildman–Crippen LogP) is 6.16. The zero-order chi connectivity index (χ0) is 61.6. The van der Waals surface area contributed by atoms with Gasteiger partial charge in [-0.05, 0) is 73.7 Å². The molecule has 0 radical (unpaired) electrons. The number of likely N-dealkylation sites (tertiary alicyclic amines) is 1. The fourth-order valence-electron chi connectivity index (χ4n) is 10.5. The molecule has 2 aromatic rings. The number of nitrogens with one attached hydrogen (secondary N) is 3. The smallest absolute Gasteiger partial charge is 0.475 e. The lowest BCUT2D eigenvalue weighted by atomic mass is 9.89. The number of methoxy groups -OCH3 is 3. The third kappa shape index (κ3) is 20.6. The summed E-state index contributed by atoms with van der Waals surface area (Å²) >= 11 is 0. The Morgan fingerprint density at radius 2 is 1.43 bits per heavy atom. The van der Waals surface area contributed by atoms with Crippen LogP contribution < -0.4 is 16.0 Å². The van der Waals surface area contributed by atoms with Crippen LogP contribution in [-0.2, 0) is 70.3 Å². The Hall–Kier alpha value is -6.72. The summed E-state index contributed by atoms with van der Waals surface area (Å²) in [7, 11) is 7.89. The number of ether oxygens (including phenoxy) is 3. The molecule has 82 heavy (non-hydrogen) atoms. The summed E-state index contributed by atoms with van der Waals surface area (Å²) in [5, 5.41) is 16.1. The lowest BCUT2D eigenvalue weighted by Gasteiger charge is -2.41. The van der Waals surface area contributed by atoms with Crippen LogP contribution in [0, 0.1) is 23.7 Å². The summed E-state index contributed by atoms with van der Waals surface area (Å²) in [6.07, 6.45) is 0.367. The number of carbonyl (C=O) groups excluding carboxylic acids is 8. The van der Waals surface area contributed by atoms with Gasteiger partial charge in [0.2, 0.25) is 29.5 Å². The molecule has 456 valence electrons. The van der Waals surface area contributed by atoms with E-state index in [-0.39, 0.29) is 72.5 Å². The van der Waals surface area contributed by atoms with E-state index in [1.165, 1.54) is 38.4 Å². The maximum Gasteiger partial charge on any atom is 0.490 e. The summed E-state index contributed by atoms with van der Waals surface area (Å²) in [5.41, 5.74) is 2.35. The standard InChI is InChI=1S/C57H85N7O11.C2HF3O2/c1-13-38(6)52(45(73-10)34-49(68)63-31-21-26-44(63)53(74-11)39(7)54(69)59-43(57(72)75-12)33-40-22-16-14-17-23-40)62(9)56(71)50(36(2)3)60-55(70)51(37(4)5)61(8)35-41-24-20-25-42(32-41)58-46(65)27-18-15-19-30-64-47(66)28-29-48(64)67;3-2(4,5)1(6)7/h14,16-17,20,22-25,28-29,32,36-39,43-45,50-53H,13,15,18-19,21,26-27,30-31,33-35H2,1-12H3,(H,58,65)(H,59,69)(H,60,70);(H,6,7)/t38-,39+,43-,44-,45+,50-,51-,52-,53+;/m0./s1. The van der Waals surface area contributed by atoms with Gasteiger partial charge in [0.25, 0.3) is 11.8 Å². The number of aliphatic carboxylic acids is 1. The van der Waals surface area contributed by atoms with Crippen LogP contribution in [0.25, 0.3) is 0 Å². The molecule has 2 aromatic carbocycles. The minimum atomic E-state index is -5.08. The number of benzene rings is 2. The second kappa shape index (κ2) is 33.4. The number of rotatable bonds is 30. The lowest BCUT2D eigenvalue weighted by molar-refractivity contribution is -0.192. The molecule has 0 spiro atoms. The molecule has 0 bridgehead atoms. The molecule has 4 rings (SSSR count). The highest BCUT2D eigenvalue weighted by Gasteiger charge is 2.44. The van der Waals surface area contributed by atoms with Crippen LogP contribution in [0.5, 0.6) is 0 Å². The van der Waals surface area contributed by atoms with Crippen LogP contribution in [0.15, 0.2) is 66.7 Å². The van der Waals surface area contributed by atoms with Gasteiger partial charge in [-0.2, -0.15) is 13.2 Å². The van der Waals surface area contributed by atoms with Crippen molar-refractivity contribution in [3.8, 4) is 0 Å². The van der Waals surface area contributed by atoms with Crippen LogP contribution in [0.4, 0.5) is 18.9 Å². The van der Waals surface area contributed by atoms with Crippen LogP contribution in [0.3, 0.4) is 0 Å². The van der Waals surface area contributed by atoms with Gasteiger partial charge in [0.1, 0.15) is 12.1 Å². The first-order chi connectivity index (χ1) is 38.6. The topological polar surface area (TPSA) is 251 Å². The summed E-state index contributed by atoms with van der Waals surface area (Å²) in [5.74, 6) is -6.61. The molecule has 0 saturated carbocycles. The predicted molar refractivity (Wildman–Crippen MR) is 300 cm³/mol. The van der Waals surface area contributed by atoms with Crippen molar-refractivity contribution in [3.05, 3.63) is 77.9 Å². The summed E-state index contributed by atoms with van der Waals surface area (Å²) in [6, 6.07) is 13.4. The van der Waals surface area contributed by atoms with E-state index in [0.717, 1.165) is 11.1 Å². The van der Waals surface area contributed by atoms with E-state index < -0.39 is 72.4 Å². The number of nitrogens with zero attached hydrogens (tertiary/aromatic N) is 4. The number of carboxylic acids is 1. The van der Waals surface area contributed by atoms with Crippen LogP contribution in [-0.4, -0.2) is 175 Å². The van der Waals surface area contributed by atoms with Gasteiger partial charge in [-0.3, -0.25) is 43.4 Å². The number of esters is 1.